The molecule has 0 saturated carbocycles. The van der Waals surface area contributed by atoms with Gasteiger partial charge in [0.05, 0.1) is 17.2 Å². The molecular weight excluding hydrogens is 260 g/mol. The van der Waals surface area contributed by atoms with Gasteiger partial charge in [-0.3, -0.25) is 4.79 Å². The molecule has 1 saturated heterocycles. The molecular formula is C14H14N2O4. The van der Waals surface area contributed by atoms with Crippen molar-refractivity contribution in [3.8, 4) is 0 Å². The van der Waals surface area contributed by atoms with E-state index in [4.69, 9.17) is 5.11 Å². The first-order valence-electron chi connectivity index (χ1n) is 6.36. The standard InChI is InChI=1S/C14H14N2O4/c17-9-6-11(14(19)20)16(7-9)13(18)10-3-1-2-8-4-5-15-12(8)10/h1-5,9,11,15,17H,6-7H2,(H,19,20)/t9-,11-/m1/s1. The third kappa shape index (κ3) is 1.94. The smallest absolute Gasteiger partial charge is 0.326 e. The summed E-state index contributed by atoms with van der Waals surface area (Å²) in [6.45, 7) is 0.0485. The number of carboxylic acids is 1. The van der Waals surface area contributed by atoms with Crippen LogP contribution in [-0.2, 0) is 4.79 Å². The normalized spacial score (nSPS) is 22.4. The summed E-state index contributed by atoms with van der Waals surface area (Å²) in [6, 6.07) is 6.16. The molecule has 20 heavy (non-hydrogen) atoms. The van der Waals surface area contributed by atoms with E-state index in [2.05, 4.69) is 4.98 Å². The van der Waals surface area contributed by atoms with E-state index >= 15 is 0 Å². The van der Waals surface area contributed by atoms with E-state index in [0.717, 1.165) is 5.39 Å². The molecule has 6 nitrogen and oxygen atoms in total. The van der Waals surface area contributed by atoms with Crippen LogP contribution in [0.4, 0.5) is 0 Å². The Kier molecular flexibility index (Phi) is 2.94. The molecule has 0 bridgehead atoms. The van der Waals surface area contributed by atoms with Gasteiger partial charge in [0.2, 0.25) is 0 Å². The molecule has 0 spiro atoms. The van der Waals surface area contributed by atoms with Gasteiger partial charge in [-0.05, 0) is 12.1 Å². The van der Waals surface area contributed by atoms with Crippen molar-refractivity contribution in [2.24, 2.45) is 0 Å². The molecule has 1 aliphatic heterocycles. The number of carbonyl (C=O) groups is 2. The van der Waals surface area contributed by atoms with E-state index in [1.165, 1.54) is 4.90 Å². The van der Waals surface area contributed by atoms with Crippen LogP contribution >= 0.6 is 0 Å². The van der Waals surface area contributed by atoms with Crippen LogP contribution in [0.25, 0.3) is 10.9 Å². The first-order chi connectivity index (χ1) is 9.58. The minimum atomic E-state index is -1.09. The first kappa shape index (κ1) is 12.7. The lowest BCUT2D eigenvalue weighted by Crippen LogP contribution is -2.40. The van der Waals surface area contributed by atoms with Crippen LogP contribution in [0, 0.1) is 0 Å². The minimum absolute atomic E-state index is 0.0485. The molecule has 2 atom stereocenters. The number of aromatic nitrogens is 1. The molecule has 3 N–H and O–H groups in total. The highest BCUT2D eigenvalue weighted by Gasteiger charge is 2.39. The van der Waals surface area contributed by atoms with Gasteiger partial charge >= 0.3 is 5.97 Å². The van der Waals surface area contributed by atoms with Crippen LogP contribution in [0.5, 0.6) is 0 Å². The largest absolute Gasteiger partial charge is 0.480 e. The summed E-state index contributed by atoms with van der Waals surface area (Å²) < 4.78 is 0. The lowest BCUT2D eigenvalue weighted by molar-refractivity contribution is -0.141. The quantitative estimate of drug-likeness (QED) is 0.756. The number of likely N-dealkylation sites (tertiary alicyclic amines) is 1. The van der Waals surface area contributed by atoms with Gasteiger partial charge in [-0.15, -0.1) is 0 Å². The van der Waals surface area contributed by atoms with Crippen LogP contribution in [0.2, 0.25) is 0 Å². The second kappa shape index (κ2) is 4.64. The molecule has 0 radical (unpaired) electrons. The molecule has 0 unspecified atom stereocenters. The highest BCUT2D eigenvalue weighted by Crippen LogP contribution is 2.24. The van der Waals surface area contributed by atoms with Crippen molar-refractivity contribution >= 4 is 22.8 Å². The van der Waals surface area contributed by atoms with Crippen molar-refractivity contribution in [1.29, 1.82) is 0 Å². The zero-order chi connectivity index (χ0) is 14.3. The van der Waals surface area contributed by atoms with Crippen molar-refractivity contribution in [2.75, 3.05) is 6.54 Å². The molecule has 0 aliphatic carbocycles. The number of amides is 1. The number of benzene rings is 1. The zero-order valence-electron chi connectivity index (χ0n) is 10.6. The number of rotatable bonds is 2. The third-order valence-electron chi connectivity index (χ3n) is 3.64. The Morgan fingerprint density at radius 3 is 2.85 bits per heavy atom. The molecule has 1 amide bonds. The molecule has 3 rings (SSSR count). The van der Waals surface area contributed by atoms with Crippen molar-refractivity contribution in [3.63, 3.8) is 0 Å². The lowest BCUT2D eigenvalue weighted by atomic mass is 10.1. The number of hydrogen-bond donors (Lipinski definition) is 3. The van der Waals surface area contributed by atoms with E-state index in [1.807, 2.05) is 12.1 Å². The van der Waals surface area contributed by atoms with Crippen molar-refractivity contribution in [3.05, 3.63) is 36.0 Å². The van der Waals surface area contributed by atoms with Gasteiger partial charge in [-0.2, -0.15) is 0 Å². The molecule has 104 valence electrons. The second-order valence-corrected chi connectivity index (χ2v) is 4.95. The van der Waals surface area contributed by atoms with Crippen LogP contribution in [0.15, 0.2) is 30.5 Å². The number of hydrogen-bond acceptors (Lipinski definition) is 3. The number of nitrogens with one attached hydrogen (secondary N) is 1. The van der Waals surface area contributed by atoms with E-state index in [0.29, 0.717) is 11.1 Å². The summed E-state index contributed by atoms with van der Waals surface area (Å²) >= 11 is 0. The maximum atomic E-state index is 12.6. The number of nitrogens with zero attached hydrogens (tertiary/aromatic N) is 1. The molecule has 6 heteroatoms. The Balaban J connectivity index is 2.00. The first-order valence-corrected chi connectivity index (χ1v) is 6.36. The SMILES string of the molecule is O=C(O)[C@H]1C[C@@H](O)CN1C(=O)c1cccc2cc[nH]c12. The number of aromatic amines is 1. The summed E-state index contributed by atoms with van der Waals surface area (Å²) in [4.78, 5) is 28.0. The van der Waals surface area contributed by atoms with E-state index < -0.39 is 18.1 Å². The topological polar surface area (TPSA) is 93.6 Å². The summed E-state index contributed by atoms with van der Waals surface area (Å²) in [5.74, 6) is -1.46. The number of aliphatic carboxylic acids is 1. The number of para-hydroxylation sites is 1. The van der Waals surface area contributed by atoms with Crippen molar-refractivity contribution in [1.82, 2.24) is 9.88 Å². The van der Waals surface area contributed by atoms with Crippen molar-refractivity contribution in [2.45, 2.75) is 18.6 Å². The van der Waals surface area contributed by atoms with Gasteiger partial charge in [-0.1, -0.05) is 12.1 Å². The Bertz CT molecular complexity index is 679. The van der Waals surface area contributed by atoms with Gasteiger partial charge in [0.1, 0.15) is 6.04 Å². The fourth-order valence-corrected chi connectivity index (χ4v) is 2.69. The van der Waals surface area contributed by atoms with E-state index in [-0.39, 0.29) is 18.9 Å². The maximum absolute atomic E-state index is 12.6. The second-order valence-electron chi connectivity index (χ2n) is 4.95. The molecule has 1 fully saturated rings. The fourth-order valence-electron chi connectivity index (χ4n) is 2.69. The van der Waals surface area contributed by atoms with Gasteiger partial charge in [0.25, 0.3) is 5.91 Å². The summed E-state index contributed by atoms with van der Waals surface area (Å²) in [7, 11) is 0. The van der Waals surface area contributed by atoms with Gasteiger partial charge < -0.3 is 20.1 Å². The molecule has 2 heterocycles. The highest BCUT2D eigenvalue weighted by atomic mass is 16.4. The predicted octanol–water partition coefficient (Wildman–Crippen LogP) is 0.828. The van der Waals surface area contributed by atoms with Gasteiger partial charge in [0.15, 0.2) is 0 Å². The number of carboxylic acid groups (broad SMARTS) is 1. The maximum Gasteiger partial charge on any atom is 0.326 e. The number of aliphatic hydroxyl groups excluding tert-OH is 1. The summed E-state index contributed by atoms with van der Waals surface area (Å²) in [5.41, 5.74) is 1.11. The Labute approximate surface area is 114 Å². The average Bonchev–Trinajstić information content (AvgIpc) is 3.03. The Hall–Kier alpha value is -2.34. The number of fused-ring (bicyclic) bond motifs is 1. The predicted molar refractivity (Wildman–Crippen MR) is 71.4 cm³/mol. The third-order valence-corrected chi connectivity index (χ3v) is 3.64. The van der Waals surface area contributed by atoms with Crippen LogP contribution in [-0.4, -0.2) is 50.7 Å². The Morgan fingerprint density at radius 1 is 1.30 bits per heavy atom. The molecule has 2 aromatic rings. The van der Waals surface area contributed by atoms with Crippen LogP contribution < -0.4 is 0 Å². The monoisotopic (exact) mass is 274 g/mol. The van der Waals surface area contributed by atoms with E-state index in [1.54, 1.807) is 18.3 Å². The van der Waals surface area contributed by atoms with E-state index in [9.17, 15) is 14.7 Å². The molecule has 1 aromatic carbocycles. The van der Waals surface area contributed by atoms with Gasteiger partial charge in [0, 0.05) is 24.5 Å². The number of H-pyrrole nitrogens is 1. The lowest BCUT2D eigenvalue weighted by Gasteiger charge is -2.21. The zero-order valence-corrected chi connectivity index (χ0v) is 10.6. The highest BCUT2D eigenvalue weighted by molar-refractivity contribution is 6.06. The number of β-amino-alcohol motifs (C(OH)–C–C–N with tert-alkyl or cyclic N) is 1. The van der Waals surface area contributed by atoms with Crippen LogP contribution in [0.3, 0.4) is 0 Å². The van der Waals surface area contributed by atoms with Crippen LogP contribution in [0.1, 0.15) is 16.8 Å². The number of carbonyl (C=O) groups excluding carboxylic acids is 1. The molecule has 1 aromatic heterocycles. The summed E-state index contributed by atoms with van der Waals surface area (Å²) in [6.07, 6.45) is 1.01. The Morgan fingerprint density at radius 2 is 2.10 bits per heavy atom. The average molecular weight is 274 g/mol. The van der Waals surface area contributed by atoms with Crippen molar-refractivity contribution < 1.29 is 19.8 Å². The fraction of sp³-hybridized carbons (Fsp3) is 0.286. The number of aliphatic hydroxyl groups is 1. The minimum Gasteiger partial charge on any atom is -0.480 e. The molecule has 1 aliphatic rings. The summed E-state index contributed by atoms with van der Waals surface area (Å²) in [5, 5.41) is 19.7. The van der Waals surface area contributed by atoms with Gasteiger partial charge in [-0.25, -0.2) is 4.79 Å².